The van der Waals surface area contributed by atoms with Gasteiger partial charge in [0.1, 0.15) is 0 Å². The SMILES string of the molecule is CC1=CCCN(C(=O)CNc2ccccc2)C1. The second-order valence-corrected chi connectivity index (χ2v) is 4.37. The molecule has 0 spiro atoms. The summed E-state index contributed by atoms with van der Waals surface area (Å²) in [5, 5.41) is 3.15. The van der Waals surface area contributed by atoms with Crippen molar-refractivity contribution >= 4 is 11.6 Å². The Balaban J connectivity index is 1.84. The highest BCUT2D eigenvalue weighted by Gasteiger charge is 2.15. The summed E-state index contributed by atoms with van der Waals surface area (Å²) in [6.45, 7) is 4.06. The number of hydrogen-bond acceptors (Lipinski definition) is 2. The number of rotatable bonds is 3. The number of hydrogen-bond donors (Lipinski definition) is 1. The second kappa shape index (κ2) is 5.53. The molecule has 0 fully saturated rings. The first-order valence-electron chi connectivity index (χ1n) is 5.98. The van der Waals surface area contributed by atoms with Gasteiger partial charge in [-0.2, -0.15) is 0 Å². The van der Waals surface area contributed by atoms with Gasteiger partial charge in [-0.05, 0) is 25.5 Å². The third-order valence-electron chi connectivity index (χ3n) is 2.90. The zero-order valence-corrected chi connectivity index (χ0v) is 10.1. The number of amides is 1. The Bertz CT molecular complexity index is 411. The molecule has 1 heterocycles. The van der Waals surface area contributed by atoms with Gasteiger partial charge in [0.25, 0.3) is 0 Å². The van der Waals surface area contributed by atoms with Crippen molar-refractivity contribution in [2.45, 2.75) is 13.3 Å². The van der Waals surface area contributed by atoms with Crippen molar-refractivity contribution < 1.29 is 4.79 Å². The van der Waals surface area contributed by atoms with Crippen LogP contribution in [0.1, 0.15) is 13.3 Å². The summed E-state index contributed by atoms with van der Waals surface area (Å²) in [5.41, 5.74) is 2.27. The van der Waals surface area contributed by atoms with Gasteiger partial charge in [-0.1, -0.05) is 29.8 Å². The molecule has 0 saturated heterocycles. The lowest BCUT2D eigenvalue weighted by Crippen LogP contribution is -2.38. The highest BCUT2D eigenvalue weighted by molar-refractivity contribution is 5.81. The van der Waals surface area contributed by atoms with E-state index in [9.17, 15) is 4.79 Å². The lowest BCUT2D eigenvalue weighted by molar-refractivity contribution is -0.129. The van der Waals surface area contributed by atoms with Crippen molar-refractivity contribution in [2.75, 3.05) is 25.0 Å². The molecule has 1 amide bonds. The maximum Gasteiger partial charge on any atom is 0.242 e. The Morgan fingerprint density at radius 3 is 2.82 bits per heavy atom. The molecule has 0 bridgehead atoms. The fourth-order valence-electron chi connectivity index (χ4n) is 1.97. The van der Waals surface area contributed by atoms with E-state index in [0.717, 1.165) is 25.2 Å². The van der Waals surface area contributed by atoms with Gasteiger partial charge in [0.2, 0.25) is 5.91 Å². The Kier molecular flexibility index (Phi) is 3.81. The summed E-state index contributed by atoms with van der Waals surface area (Å²) >= 11 is 0. The van der Waals surface area contributed by atoms with E-state index in [-0.39, 0.29) is 5.91 Å². The maximum atomic E-state index is 12.0. The van der Waals surface area contributed by atoms with Gasteiger partial charge >= 0.3 is 0 Å². The van der Waals surface area contributed by atoms with Crippen LogP contribution in [0.4, 0.5) is 5.69 Å². The molecule has 1 aromatic carbocycles. The van der Waals surface area contributed by atoms with Crippen molar-refractivity contribution in [3.63, 3.8) is 0 Å². The highest BCUT2D eigenvalue weighted by atomic mass is 16.2. The van der Waals surface area contributed by atoms with Crippen molar-refractivity contribution in [1.82, 2.24) is 4.90 Å². The molecule has 1 aliphatic heterocycles. The first-order valence-corrected chi connectivity index (χ1v) is 5.98. The number of nitrogens with one attached hydrogen (secondary N) is 1. The van der Waals surface area contributed by atoms with E-state index in [4.69, 9.17) is 0 Å². The number of nitrogens with zero attached hydrogens (tertiary/aromatic N) is 1. The molecule has 0 aromatic heterocycles. The summed E-state index contributed by atoms with van der Waals surface area (Å²) in [6.07, 6.45) is 3.18. The number of carbonyl (C=O) groups excluding carboxylic acids is 1. The van der Waals surface area contributed by atoms with Gasteiger partial charge in [-0.25, -0.2) is 0 Å². The minimum absolute atomic E-state index is 0.168. The number of carbonyl (C=O) groups is 1. The third kappa shape index (κ3) is 3.34. The van der Waals surface area contributed by atoms with Crippen LogP contribution < -0.4 is 5.32 Å². The topological polar surface area (TPSA) is 32.3 Å². The van der Waals surface area contributed by atoms with E-state index in [1.54, 1.807) is 0 Å². The molecule has 3 nitrogen and oxygen atoms in total. The minimum atomic E-state index is 0.168. The van der Waals surface area contributed by atoms with Crippen LogP contribution in [0.25, 0.3) is 0 Å². The number of anilines is 1. The average molecular weight is 230 g/mol. The fourth-order valence-corrected chi connectivity index (χ4v) is 1.97. The Labute approximate surface area is 102 Å². The van der Waals surface area contributed by atoms with Crippen molar-refractivity contribution in [3.05, 3.63) is 42.0 Å². The van der Waals surface area contributed by atoms with Crippen LogP contribution in [0, 0.1) is 0 Å². The summed E-state index contributed by atoms with van der Waals surface area (Å²) in [5.74, 6) is 0.168. The van der Waals surface area contributed by atoms with Crippen LogP contribution in [0.3, 0.4) is 0 Å². The number of benzene rings is 1. The lowest BCUT2D eigenvalue weighted by atomic mass is 10.1. The molecule has 0 aliphatic carbocycles. The molecule has 17 heavy (non-hydrogen) atoms. The summed E-state index contributed by atoms with van der Waals surface area (Å²) in [7, 11) is 0. The van der Waals surface area contributed by atoms with E-state index in [1.165, 1.54) is 5.57 Å². The predicted molar refractivity (Wildman–Crippen MR) is 69.9 cm³/mol. The monoisotopic (exact) mass is 230 g/mol. The Morgan fingerprint density at radius 2 is 2.12 bits per heavy atom. The second-order valence-electron chi connectivity index (χ2n) is 4.37. The average Bonchev–Trinajstić information content (AvgIpc) is 2.37. The summed E-state index contributed by atoms with van der Waals surface area (Å²) in [4.78, 5) is 13.9. The smallest absolute Gasteiger partial charge is 0.242 e. The first kappa shape index (κ1) is 11.7. The van der Waals surface area contributed by atoms with Gasteiger partial charge < -0.3 is 10.2 Å². The molecule has 0 unspecified atom stereocenters. The van der Waals surface area contributed by atoms with Gasteiger partial charge in [0.05, 0.1) is 6.54 Å². The summed E-state index contributed by atoms with van der Waals surface area (Å²) < 4.78 is 0. The van der Waals surface area contributed by atoms with Crippen LogP contribution in [0.2, 0.25) is 0 Å². The van der Waals surface area contributed by atoms with Crippen LogP contribution >= 0.6 is 0 Å². The largest absolute Gasteiger partial charge is 0.376 e. The molecule has 0 atom stereocenters. The van der Waals surface area contributed by atoms with Crippen molar-refractivity contribution in [1.29, 1.82) is 0 Å². The molecule has 0 saturated carbocycles. The predicted octanol–water partition coefficient (Wildman–Crippen LogP) is 2.28. The van der Waals surface area contributed by atoms with Crippen LogP contribution in [0.15, 0.2) is 42.0 Å². The molecule has 0 radical (unpaired) electrons. The zero-order valence-electron chi connectivity index (χ0n) is 10.1. The van der Waals surface area contributed by atoms with E-state index in [0.29, 0.717) is 6.54 Å². The Morgan fingerprint density at radius 1 is 1.35 bits per heavy atom. The zero-order chi connectivity index (χ0) is 12.1. The molecular formula is C14H18N2O. The van der Waals surface area contributed by atoms with E-state index in [1.807, 2.05) is 35.2 Å². The van der Waals surface area contributed by atoms with Crippen molar-refractivity contribution in [2.24, 2.45) is 0 Å². The maximum absolute atomic E-state index is 12.0. The van der Waals surface area contributed by atoms with Gasteiger partial charge in [0.15, 0.2) is 0 Å². The van der Waals surface area contributed by atoms with Gasteiger partial charge in [-0.3, -0.25) is 4.79 Å². The molecule has 1 N–H and O–H groups in total. The quantitative estimate of drug-likeness (QED) is 0.808. The van der Waals surface area contributed by atoms with Crippen LogP contribution in [-0.4, -0.2) is 30.4 Å². The highest BCUT2D eigenvalue weighted by Crippen LogP contribution is 2.09. The first-order chi connectivity index (χ1) is 8.25. The third-order valence-corrected chi connectivity index (χ3v) is 2.90. The standard InChI is InChI=1S/C14H18N2O/c1-12-6-5-9-16(11-12)14(17)10-15-13-7-3-2-4-8-13/h2-4,6-8,15H,5,9-11H2,1H3. The van der Waals surface area contributed by atoms with E-state index in [2.05, 4.69) is 18.3 Å². The lowest BCUT2D eigenvalue weighted by Gasteiger charge is -2.26. The van der Waals surface area contributed by atoms with Gasteiger partial charge in [-0.15, -0.1) is 0 Å². The molecule has 90 valence electrons. The normalized spacial score (nSPS) is 15.4. The van der Waals surface area contributed by atoms with Crippen LogP contribution in [-0.2, 0) is 4.79 Å². The fraction of sp³-hybridized carbons (Fsp3) is 0.357. The van der Waals surface area contributed by atoms with Gasteiger partial charge in [0, 0.05) is 18.8 Å². The molecule has 1 aromatic rings. The molecular weight excluding hydrogens is 212 g/mol. The van der Waals surface area contributed by atoms with E-state index >= 15 is 0 Å². The molecule has 2 rings (SSSR count). The number of para-hydroxylation sites is 1. The van der Waals surface area contributed by atoms with E-state index < -0.39 is 0 Å². The molecule has 1 aliphatic rings. The Hall–Kier alpha value is -1.77. The van der Waals surface area contributed by atoms with Crippen LogP contribution in [0.5, 0.6) is 0 Å². The molecule has 3 heteroatoms. The summed E-state index contributed by atoms with van der Waals surface area (Å²) in [6, 6.07) is 9.82. The van der Waals surface area contributed by atoms with Crippen molar-refractivity contribution in [3.8, 4) is 0 Å². The minimum Gasteiger partial charge on any atom is -0.376 e.